The minimum absolute atomic E-state index is 0.00430. The second kappa shape index (κ2) is 5.30. The van der Waals surface area contributed by atoms with Crippen LogP contribution in [0.1, 0.15) is 19.4 Å². The Balaban J connectivity index is 1.44. The van der Waals surface area contributed by atoms with E-state index in [9.17, 15) is 19.7 Å². The van der Waals surface area contributed by atoms with E-state index in [-0.39, 0.29) is 42.1 Å². The molecule has 4 atom stereocenters. The monoisotopic (exact) mass is 343 g/mol. The molecule has 0 aromatic heterocycles. The Kier molecular flexibility index (Phi) is 3.31. The highest BCUT2D eigenvalue weighted by molar-refractivity contribution is 5.89. The summed E-state index contributed by atoms with van der Waals surface area (Å²) >= 11 is 0. The fourth-order valence-corrected chi connectivity index (χ4v) is 3.95. The molecular weight excluding hydrogens is 326 g/mol. The van der Waals surface area contributed by atoms with Gasteiger partial charge in [0.1, 0.15) is 6.61 Å². The first kappa shape index (κ1) is 15.6. The van der Waals surface area contributed by atoms with Gasteiger partial charge in [-0.25, -0.2) is 14.8 Å². The zero-order valence-corrected chi connectivity index (χ0v) is 13.8. The zero-order valence-electron chi connectivity index (χ0n) is 13.8. The van der Waals surface area contributed by atoms with E-state index in [1.807, 2.05) is 19.9 Å². The number of carbonyl (C=O) groups is 2. The molecule has 0 radical (unpaired) electrons. The number of hydrogen-bond acceptors (Lipinski definition) is 5. The molecule has 3 aliphatic rings. The van der Waals surface area contributed by atoms with Crippen molar-refractivity contribution in [3.8, 4) is 0 Å². The number of nitro benzene ring substituents is 1. The number of benzene rings is 1. The van der Waals surface area contributed by atoms with E-state index < -0.39 is 11.0 Å². The molecule has 2 aliphatic heterocycles. The van der Waals surface area contributed by atoms with Crippen molar-refractivity contribution in [1.82, 2.24) is 10.0 Å². The van der Waals surface area contributed by atoms with Gasteiger partial charge in [-0.3, -0.25) is 14.9 Å². The van der Waals surface area contributed by atoms with Crippen LogP contribution in [0.2, 0.25) is 0 Å². The third kappa shape index (κ3) is 2.13. The van der Waals surface area contributed by atoms with E-state index in [2.05, 4.69) is 0 Å². The molecule has 1 aliphatic carbocycles. The summed E-state index contributed by atoms with van der Waals surface area (Å²) in [7, 11) is 0. The number of amides is 2. The third-order valence-electron chi connectivity index (χ3n) is 5.32. The Morgan fingerprint density at radius 3 is 2.60 bits per heavy atom. The summed E-state index contributed by atoms with van der Waals surface area (Å²) < 4.78 is 5.33. The maximum absolute atomic E-state index is 12.5. The molecule has 2 fully saturated rings. The second-order valence-corrected chi connectivity index (χ2v) is 6.71. The third-order valence-corrected chi connectivity index (χ3v) is 5.32. The van der Waals surface area contributed by atoms with Crippen LogP contribution in [0.3, 0.4) is 0 Å². The molecule has 130 valence electrons. The van der Waals surface area contributed by atoms with Crippen LogP contribution in [0.25, 0.3) is 0 Å². The van der Waals surface area contributed by atoms with Gasteiger partial charge in [0.25, 0.3) is 5.69 Å². The fourth-order valence-electron chi connectivity index (χ4n) is 3.95. The minimum atomic E-state index is -0.570. The molecule has 2 amide bonds. The minimum Gasteiger partial charge on any atom is -0.443 e. The van der Waals surface area contributed by atoms with Crippen LogP contribution < -0.4 is 0 Å². The normalized spacial score (nSPS) is 29.2. The number of hydrogen-bond donors (Lipinski definition) is 0. The van der Waals surface area contributed by atoms with Crippen molar-refractivity contribution in [2.75, 3.05) is 0 Å². The highest BCUT2D eigenvalue weighted by atomic mass is 16.6. The van der Waals surface area contributed by atoms with Crippen LogP contribution in [-0.2, 0) is 16.1 Å². The van der Waals surface area contributed by atoms with Gasteiger partial charge in [0.05, 0.1) is 22.9 Å². The lowest BCUT2D eigenvalue weighted by Gasteiger charge is -2.44. The largest absolute Gasteiger partial charge is 0.443 e. The summed E-state index contributed by atoms with van der Waals surface area (Å²) in [6.45, 7) is 3.90. The lowest BCUT2D eigenvalue weighted by Crippen LogP contribution is -2.63. The van der Waals surface area contributed by atoms with Crippen LogP contribution in [0.4, 0.5) is 10.5 Å². The van der Waals surface area contributed by atoms with Gasteiger partial charge in [-0.05, 0) is 24.6 Å². The van der Waals surface area contributed by atoms with Gasteiger partial charge in [0.15, 0.2) is 0 Å². The fraction of sp³-hybridized carbons (Fsp3) is 0.412. The average Bonchev–Trinajstić information content (AvgIpc) is 2.86. The molecule has 2 heterocycles. The molecular formula is C17H17N3O5. The number of non-ortho nitro benzene ring substituents is 1. The Bertz CT molecular complexity index is 803. The summed E-state index contributed by atoms with van der Waals surface area (Å²) in [5, 5.41) is 13.6. The standard InChI is InChI=1S/C17H17N3O5/c1-9-7-13-14(9)15-10(2)16(21)19(15)18(13)17(22)25-8-11-3-5-12(6-4-11)20(23)24/h3-7,10,13-15H,8H2,1-2H3. The number of fused-ring (bicyclic) bond motifs is 3. The highest BCUT2D eigenvalue weighted by Gasteiger charge is 2.64. The molecule has 2 saturated heterocycles. The Labute approximate surface area is 143 Å². The number of ether oxygens (including phenoxy) is 1. The molecule has 4 rings (SSSR count). The van der Waals surface area contributed by atoms with Gasteiger partial charge in [0.2, 0.25) is 5.91 Å². The van der Waals surface area contributed by atoms with Gasteiger partial charge >= 0.3 is 6.09 Å². The van der Waals surface area contributed by atoms with Crippen molar-refractivity contribution in [3.05, 3.63) is 51.6 Å². The van der Waals surface area contributed by atoms with E-state index in [4.69, 9.17) is 4.74 Å². The van der Waals surface area contributed by atoms with Gasteiger partial charge < -0.3 is 4.74 Å². The summed E-state index contributed by atoms with van der Waals surface area (Å²) in [5.41, 5.74) is 1.83. The van der Waals surface area contributed by atoms with Crippen LogP contribution >= 0.6 is 0 Å². The molecule has 4 unspecified atom stereocenters. The second-order valence-electron chi connectivity index (χ2n) is 6.71. The van der Waals surface area contributed by atoms with Crippen molar-refractivity contribution >= 4 is 17.7 Å². The number of hydrazine groups is 1. The molecule has 8 nitrogen and oxygen atoms in total. The number of nitrogens with zero attached hydrogens (tertiary/aromatic N) is 3. The Hall–Kier alpha value is -2.90. The molecule has 0 bridgehead atoms. The molecule has 8 heteroatoms. The predicted octanol–water partition coefficient (Wildman–Crippen LogP) is 2.25. The van der Waals surface area contributed by atoms with Gasteiger partial charge in [0, 0.05) is 18.1 Å². The topological polar surface area (TPSA) is 93.0 Å². The number of β-lactam (4-membered cyclic amide) rings is 1. The number of rotatable bonds is 3. The smallest absolute Gasteiger partial charge is 0.429 e. The quantitative estimate of drug-likeness (QED) is 0.363. The first-order valence-corrected chi connectivity index (χ1v) is 8.11. The van der Waals surface area contributed by atoms with Crippen LogP contribution in [0, 0.1) is 22.0 Å². The maximum Gasteiger partial charge on any atom is 0.429 e. The van der Waals surface area contributed by atoms with Crippen LogP contribution in [0.15, 0.2) is 35.9 Å². The molecule has 25 heavy (non-hydrogen) atoms. The van der Waals surface area contributed by atoms with E-state index in [0.29, 0.717) is 5.56 Å². The predicted molar refractivity (Wildman–Crippen MR) is 86.0 cm³/mol. The zero-order chi connectivity index (χ0) is 17.9. The van der Waals surface area contributed by atoms with E-state index in [1.54, 1.807) is 12.1 Å². The van der Waals surface area contributed by atoms with Crippen LogP contribution in [-0.4, -0.2) is 39.0 Å². The molecule has 1 aromatic carbocycles. The van der Waals surface area contributed by atoms with Gasteiger partial charge in [-0.1, -0.05) is 18.6 Å². The average molecular weight is 343 g/mol. The summed E-state index contributed by atoms with van der Waals surface area (Å²) in [4.78, 5) is 34.8. The van der Waals surface area contributed by atoms with E-state index in [1.165, 1.54) is 27.7 Å². The summed E-state index contributed by atoms with van der Waals surface area (Å²) in [6, 6.07) is 5.74. The highest BCUT2D eigenvalue weighted by Crippen LogP contribution is 2.51. The maximum atomic E-state index is 12.5. The summed E-state index contributed by atoms with van der Waals surface area (Å²) in [6.07, 6.45) is 1.41. The van der Waals surface area contributed by atoms with E-state index in [0.717, 1.165) is 0 Å². The number of nitro groups is 1. The first-order valence-electron chi connectivity index (χ1n) is 8.11. The van der Waals surface area contributed by atoms with Crippen molar-refractivity contribution in [2.24, 2.45) is 11.8 Å². The van der Waals surface area contributed by atoms with Gasteiger partial charge in [-0.15, -0.1) is 0 Å². The van der Waals surface area contributed by atoms with Crippen molar-refractivity contribution in [3.63, 3.8) is 0 Å². The lowest BCUT2D eigenvalue weighted by molar-refractivity contribution is -0.384. The SMILES string of the molecule is CC1=CC2C1C1C(C)C(=O)N1N2C(=O)OCc1ccc([N+](=O)[O-])cc1. The lowest BCUT2D eigenvalue weighted by atomic mass is 9.71. The molecule has 0 N–H and O–H groups in total. The van der Waals surface area contributed by atoms with Crippen molar-refractivity contribution in [2.45, 2.75) is 32.5 Å². The van der Waals surface area contributed by atoms with Crippen molar-refractivity contribution < 1.29 is 19.2 Å². The van der Waals surface area contributed by atoms with Crippen LogP contribution in [0.5, 0.6) is 0 Å². The first-order chi connectivity index (χ1) is 11.9. The molecule has 0 spiro atoms. The molecule has 1 aromatic rings. The Morgan fingerprint density at radius 2 is 2.00 bits per heavy atom. The van der Waals surface area contributed by atoms with Crippen molar-refractivity contribution in [1.29, 1.82) is 0 Å². The summed E-state index contributed by atoms with van der Waals surface area (Å²) in [5.74, 6) is 0.0520. The Morgan fingerprint density at radius 1 is 1.32 bits per heavy atom. The number of carbonyl (C=O) groups excluding carboxylic acids is 2. The van der Waals surface area contributed by atoms with Gasteiger partial charge in [-0.2, -0.15) is 0 Å². The van der Waals surface area contributed by atoms with E-state index >= 15 is 0 Å². The molecule has 0 saturated carbocycles.